The first-order chi connectivity index (χ1) is 10.1. The van der Waals surface area contributed by atoms with Crippen molar-refractivity contribution in [2.24, 2.45) is 0 Å². The van der Waals surface area contributed by atoms with Crippen LogP contribution in [-0.2, 0) is 4.79 Å². The zero-order chi connectivity index (χ0) is 15.2. The third-order valence-electron chi connectivity index (χ3n) is 3.82. The minimum atomic E-state index is -0.532. The predicted molar refractivity (Wildman–Crippen MR) is 79.8 cm³/mol. The van der Waals surface area contributed by atoms with Crippen molar-refractivity contribution < 1.29 is 13.9 Å². The molecule has 1 aromatic carbocycles. The fourth-order valence-corrected chi connectivity index (χ4v) is 2.45. The molecule has 0 saturated carbocycles. The van der Waals surface area contributed by atoms with Crippen LogP contribution in [0.2, 0.25) is 0 Å². The number of carbonyl (C=O) groups is 1. The van der Waals surface area contributed by atoms with Crippen LogP contribution in [0.15, 0.2) is 24.3 Å². The molecule has 0 bridgehead atoms. The predicted octanol–water partition coefficient (Wildman–Crippen LogP) is 2.19. The van der Waals surface area contributed by atoms with Gasteiger partial charge in [-0.3, -0.25) is 4.79 Å². The molecule has 0 spiro atoms. The first-order valence-electron chi connectivity index (χ1n) is 7.49. The summed E-state index contributed by atoms with van der Waals surface area (Å²) in [5, 5.41) is 3.06. The normalized spacial score (nSPS) is 18.2. The summed E-state index contributed by atoms with van der Waals surface area (Å²) in [6, 6.07) is 5.97. The van der Waals surface area contributed by atoms with Gasteiger partial charge in [0.15, 0.2) is 6.10 Å². The number of amides is 1. The number of hydrogen-bond acceptors (Lipinski definition) is 3. The van der Waals surface area contributed by atoms with E-state index < -0.39 is 6.10 Å². The van der Waals surface area contributed by atoms with Crippen LogP contribution in [0.25, 0.3) is 0 Å². The standard InChI is InChI=1S/C16H23FN2O2/c1-3-15(21-14-6-4-12(17)5-7-14)16(20)18-13-8-10-19(2)11-9-13/h4-7,13,15H,3,8-11H2,1-2H3,(H,18,20)/t15-/m1/s1. The topological polar surface area (TPSA) is 41.6 Å². The lowest BCUT2D eigenvalue weighted by Crippen LogP contribution is -2.47. The Morgan fingerprint density at radius 2 is 2.00 bits per heavy atom. The Morgan fingerprint density at radius 3 is 2.57 bits per heavy atom. The molecule has 1 N–H and O–H groups in total. The third-order valence-corrected chi connectivity index (χ3v) is 3.82. The molecule has 1 aliphatic heterocycles. The van der Waals surface area contributed by atoms with Gasteiger partial charge in [-0.1, -0.05) is 6.92 Å². The fraction of sp³-hybridized carbons (Fsp3) is 0.562. The highest BCUT2D eigenvalue weighted by molar-refractivity contribution is 5.81. The zero-order valence-corrected chi connectivity index (χ0v) is 12.6. The number of nitrogens with zero attached hydrogens (tertiary/aromatic N) is 1. The summed E-state index contributed by atoms with van der Waals surface area (Å²) >= 11 is 0. The molecule has 116 valence electrons. The van der Waals surface area contributed by atoms with Crippen LogP contribution in [0.3, 0.4) is 0 Å². The van der Waals surface area contributed by atoms with Crippen molar-refractivity contribution in [2.45, 2.75) is 38.3 Å². The van der Waals surface area contributed by atoms with E-state index in [0.29, 0.717) is 12.2 Å². The molecule has 1 amide bonds. The van der Waals surface area contributed by atoms with Crippen molar-refractivity contribution in [3.8, 4) is 5.75 Å². The van der Waals surface area contributed by atoms with Gasteiger partial charge in [-0.15, -0.1) is 0 Å². The first-order valence-corrected chi connectivity index (χ1v) is 7.49. The number of ether oxygens (including phenoxy) is 1. The second kappa shape index (κ2) is 7.41. The van der Waals surface area contributed by atoms with E-state index in [4.69, 9.17) is 4.74 Å². The summed E-state index contributed by atoms with van der Waals surface area (Å²) in [6.07, 6.45) is 1.98. The van der Waals surface area contributed by atoms with E-state index >= 15 is 0 Å². The fourth-order valence-electron chi connectivity index (χ4n) is 2.45. The number of nitrogens with one attached hydrogen (secondary N) is 1. The van der Waals surface area contributed by atoms with Crippen LogP contribution in [0.5, 0.6) is 5.75 Å². The van der Waals surface area contributed by atoms with Crippen molar-refractivity contribution in [3.05, 3.63) is 30.1 Å². The zero-order valence-electron chi connectivity index (χ0n) is 12.6. The summed E-state index contributed by atoms with van der Waals surface area (Å²) in [7, 11) is 2.09. The molecular weight excluding hydrogens is 271 g/mol. The van der Waals surface area contributed by atoms with Crippen LogP contribution in [0.4, 0.5) is 4.39 Å². The maximum absolute atomic E-state index is 12.9. The number of hydrogen-bond donors (Lipinski definition) is 1. The summed E-state index contributed by atoms with van der Waals surface area (Å²) in [6.45, 7) is 3.91. The minimum Gasteiger partial charge on any atom is -0.481 e. The van der Waals surface area contributed by atoms with Crippen molar-refractivity contribution >= 4 is 5.91 Å². The average molecular weight is 294 g/mol. The van der Waals surface area contributed by atoms with Gasteiger partial charge in [0.1, 0.15) is 11.6 Å². The van der Waals surface area contributed by atoms with E-state index in [1.54, 1.807) is 12.1 Å². The van der Waals surface area contributed by atoms with Crippen molar-refractivity contribution in [1.29, 1.82) is 0 Å². The van der Waals surface area contributed by atoms with Crippen LogP contribution in [0.1, 0.15) is 26.2 Å². The molecule has 1 heterocycles. The van der Waals surface area contributed by atoms with Gasteiger partial charge >= 0.3 is 0 Å². The number of likely N-dealkylation sites (tertiary alicyclic amines) is 1. The maximum atomic E-state index is 12.9. The van der Waals surface area contributed by atoms with Crippen LogP contribution in [0, 0.1) is 5.82 Å². The van der Waals surface area contributed by atoms with E-state index in [1.807, 2.05) is 6.92 Å². The second-order valence-electron chi connectivity index (χ2n) is 5.55. The Morgan fingerprint density at radius 1 is 1.38 bits per heavy atom. The smallest absolute Gasteiger partial charge is 0.261 e. The van der Waals surface area contributed by atoms with Crippen LogP contribution >= 0.6 is 0 Å². The summed E-state index contributed by atoms with van der Waals surface area (Å²) in [5.41, 5.74) is 0. The molecule has 0 aromatic heterocycles. The lowest BCUT2D eigenvalue weighted by Gasteiger charge is -2.30. The van der Waals surface area contributed by atoms with E-state index in [0.717, 1.165) is 25.9 Å². The number of carbonyl (C=O) groups excluding carboxylic acids is 1. The number of rotatable bonds is 5. The second-order valence-corrected chi connectivity index (χ2v) is 5.55. The lowest BCUT2D eigenvalue weighted by molar-refractivity contribution is -0.129. The summed E-state index contributed by atoms with van der Waals surface area (Å²) in [5.74, 6) is 0.115. The van der Waals surface area contributed by atoms with Gasteiger partial charge in [0, 0.05) is 6.04 Å². The Bertz CT molecular complexity index is 456. The highest BCUT2D eigenvalue weighted by atomic mass is 19.1. The lowest BCUT2D eigenvalue weighted by atomic mass is 10.1. The molecule has 5 heteroatoms. The van der Waals surface area contributed by atoms with Gasteiger partial charge in [-0.2, -0.15) is 0 Å². The van der Waals surface area contributed by atoms with Gasteiger partial charge in [0.05, 0.1) is 0 Å². The van der Waals surface area contributed by atoms with Gasteiger partial charge in [-0.25, -0.2) is 4.39 Å². The summed E-state index contributed by atoms with van der Waals surface area (Å²) < 4.78 is 18.5. The first kappa shape index (κ1) is 15.8. The molecule has 1 saturated heterocycles. The molecule has 2 rings (SSSR count). The minimum absolute atomic E-state index is 0.0867. The van der Waals surface area contributed by atoms with Gasteiger partial charge < -0.3 is 15.0 Å². The number of halogens is 1. The Balaban J connectivity index is 1.87. The third kappa shape index (κ3) is 4.70. The SMILES string of the molecule is CC[C@@H](Oc1ccc(F)cc1)C(=O)NC1CCN(C)CC1. The van der Waals surface area contributed by atoms with Crippen molar-refractivity contribution in [3.63, 3.8) is 0 Å². The highest BCUT2D eigenvalue weighted by Crippen LogP contribution is 2.15. The van der Waals surface area contributed by atoms with Crippen LogP contribution in [-0.4, -0.2) is 43.1 Å². The molecule has 0 radical (unpaired) electrons. The Kier molecular flexibility index (Phi) is 5.56. The van der Waals surface area contributed by atoms with E-state index in [-0.39, 0.29) is 17.8 Å². The monoisotopic (exact) mass is 294 g/mol. The molecule has 0 unspecified atom stereocenters. The number of benzene rings is 1. The molecule has 0 aliphatic carbocycles. The molecule has 21 heavy (non-hydrogen) atoms. The molecule has 4 nitrogen and oxygen atoms in total. The van der Waals surface area contributed by atoms with E-state index in [2.05, 4.69) is 17.3 Å². The maximum Gasteiger partial charge on any atom is 0.261 e. The molecular formula is C16H23FN2O2. The Hall–Kier alpha value is -1.62. The quantitative estimate of drug-likeness (QED) is 0.905. The molecule has 1 atom stereocenters. The van der Waals surface area contributed by atoms with E-state index in [1.165, 1.54) is 12.1 Å². The van der Waals surface area contributed by atoms with Crippen molar-refractivity contribution in [1.82, 2.24) is 10.2 Å². The van der Waals surface area contributed by atoms with Crippen LogP contribution < -0.4 is 10.1 Å². The largest absolute Gasteiger partial charge is 0.481 e. The number of piperidine rings is 1. The van der Waals surface area contributed by atoms with Gasteiger partial charge in [-0.05, 0) is 63.7 Å². The highest BCUT2D eigenvalue weighted by Gasteiger charge is 2.23. The molecule has 1 aliphatic rings. The van der Waals surface area contributed by atoms with E-state index in [9.17, 15) is 9.18 Å². The van der Waals surface area contributed by atoms with Gasteiger partial charge in [0.25, 0.3) is 5.91 Å². The molecule has 1 aromatic rings. The average Bonchev–Trinajstić information content (AvgIpc) is 2.49. The Labute approximate surface area is 125 Å². The van der Waals surface area contributed by atoms with Crippen molar-refractivity contribution in [2.75, 3.05) is 20.1 Å². The van der Waals surface area contributed by atoms with Gasteiger partial charge in [0.2, 0.25) is 0 Å². The summed E-state index contributed by atoms with van der Waals surface area (Å²) in [4.78, 5) is 14.5. The molecule has 1 fully saturated rings.